The van der Waals surface area contributed by atoms with Crippen LogP contribution < -0.4 is 4.90 Å². The third-order valence-electron chi connectivity index (χ3n) is 4.74. The molecule has 3 aliphatic rings. The van der Waals surface area contributed by atoms with E-state index in [-0.39, 0.29) is 35.5 Å². The van der Waals surface area contributed by atoms with Crippen LogP contribution in [0, 0.1) is 36.0 Å². The molecule has 0 radical (unpaired) electrons. The van der Waals surface area contributed by atoms with Crippen molar-refractivity contribution >= 4 is 17.5 Å². The van der Waals surface area contributed by atoms with Crippen molar-refractivity contribution in [3.05, 3.63) is 42.0 Å². The van der Waals surface area contributed by atoms with Crippen molar-refractivity contribution in [3.63, 3.8) is 0 Å². The molecule has 3 heteroatoms. The lowest BCUT2D eigenvalue weighted by Gasteiger charge is -2.17. The number of benzene rings is 1. The Hall–Kier alpha value is -2.34. The molecule has 20 heavy (non-hydrogen) atoms. The number of imide groups is 1. The van der Waals surface area contributed by atoms with Gasteiger partial charge in [-0.25, -0.2) is 4.90 Å². The molecule has 1 aromatic carbocycles. The summed E-state index contributed by atoms with van der Waals surface area (Å²) in [6.45, 7) is 0. The van der Waals surface area contributed by atoms with Gasteiger partial charge in [0, 0.05) is 5.56 Å². The van der Waals surface area contributed by atoms with Crippen molar-refractivity contribution in [3.8, 4) is 12.3 Å². The molecule has 0 aromatic heterocycles. The van der Waals surface area contributed by atoms with Gasteiger partial charge in [-0.15, -0.1) is 6.42 Å². The zero-order valence-corrected chi connectivity index (χ0v) is 10.8. The second kappa shape index (κ2) is 3.83. The normalized spacial score (nSPS) is 33.6. The Balaban J connectivity index is 1.76. The Labute approximate surface area is 117 Å². The van der Waals surface area contributed by atoms with Crippen LogP contribution in [0.4, 0.5) is 5.69 Å². The van der Waals surface area contributed by atoms with Crippen molar-refractivity contribution in [1.29, 1.82) is 0 Å². The molecule has 1 aliphatic heterocycles. The first-order valence-corrected chi connectivity index (χ1v) is 6.83. The van der Waals surface area contributed by atoms with E-state index in [2.05, 4.69) is 18.1 Å². The highest BCUT2D eigenvalue weighted by molar-refractivity contribution is 6.22. The first-order chi connectivity index (χ1) is 9.70. The molecule has 2 aliphatic carbocycles. The first kappa shape index (κ1) is 11.5. The standard InChI is InChI=1S/C17H13NO2/c1-2-10-4-3-5-13(8-10)18-16(19)14-11-6-7-12(9-11)15(14)17(18)20/h1,3-8,11-12,14-15H,9H2/t11-,12-,14-,15+/m0/s1. The van der Waals surface area contributed by atoms with Gasteiger partial charge in [-0.1, -0.05) is 24.1 Å². The lowest BCUT2D eigenvalue weighted by Crippen LogP contribution is -2.32. The predicted molar refractivity (Wildman–Crippen MR) is 74.6 cm³/mol. The molecule has 1 heterocycles. The summed E-state index contributed by atoms with van der Waals surface area (Å²) < 4.78 is 0. The van der Waals surface area contributed by atoms with Gasteiger partial charge in [0.05, 0.1) is 17.5 Å². The number of fused-ring (bicyclic) bond motifs is 5. The molecule has 98 valence electrons. The number of allylic oxidation sites excluding steroid dienone is 2. The molecule has 0 N–H and O–H groups in total. The first-order valence-electron chi connectivity index (χ1n) is 6.83. The number of carbonyl (C=O) groups excluding carboxylic acids is 2. The molecule has 1 saturated carbocycles. The summed E-state index contributed by atoms with van der Waals surface area (Å²) in [7, 11) is 0. The van der Waals surface area contributed by atoms with E-state index in [1.165, 1.54) is 4.90 Å². The molecule has 2 amide bonds. The fourth-order valence-electron chi connectivity index (χ4n) is 3.89. The number of rotatable bonds is 1. The van der Waals surface area contributed by atoms with Crippen molar-refractivity contribution in [2.45, 2.75) is 6.42 Å². The number of amides is 2. The maximum Gasteiger partial charge on any atom is 0.238 e. The van der Waals surface area contributed by atoms with E-state index < -0.39 is 0 Å². The topological polar surface area (TPSA) is 37.4 Å². The van der Waals surface area contributed by atoms with Crippen molar-refractivity contribution in [1.82, 2.24) is 0 Å². The van der Waals surface area contributed by atoms with Gasteiger partial charge in [0.1, 0.15) is 0 Å². The average molecular weight is 263 g/mol. The molecule has 1 aromatic rings. The Morgan fingerprint density at radius 2 is 1.75 bits per heavy atom. The summed E-state index contributed by atoms with van der Waals surface area (Å²) in [5, 5.41) is 0. The minimum atomic E-state index is -0.160. The van der Waals surface area contributed by atoms with Crippen LogP contribution in [0.2, 0.25) is 0 Å². The Kier molecular flexibility index (Phi) is 2.20. The molecule has 1 saturated heterocycles. The van der Waals surface area contributed by atoms with E-state index >= 15 is 0 Å². The van der Waals surface area contributed by atoms with Crippen LogP contribution in [0.1, 0.15) is 12.0 Å². The lowest BCUT2D eigenvalue weighted by atomic mass is 9.85. The van der Waals surface area contributed by atoms with Gasteiger partial charge in [-0.3, -0.25) is 9.59 Å². The third-order valence-corrected chi connectivity index (χ3v) is 4.74. The summed E-state index contributed by atoms with van der Waals surface area (Å²) >= 11 is 0. The number of nitrogens with zero attached hydrogens (tertiary/aromatic N) is 1. The van der Waals surface area contributed by atoms with Gasteiger partial charge in [0.15, 0.2) is 0 Å². The largest absolute Gasteiger partial charge is 0.274 e. The molecule has 4 rings (SSSR count). The predicted octanol–water partition coefficient (Wildman–Crippen LogP) is 1.98. The van der Waals surface area contributed by atoms with Crippen LogP contribution in [0.25, 0.3) is 0 Å². The Bertz CT molecular complexity index is 667. The van der Waals surface area contributed by atoms with Crippen molar-refractivity contribution in [2.24, 2.45) is 23.7 Å². The van der Waals surface area contributed by atoms with Crippen LogP contribution in [0.5, 0.6) is 0 Å². The van der Waals surface area contributed by atoms with E-state index in [0.29, 0.717) is 11.3 Å². The van der Waals surface area contributed by atoms with E-state index in [1.54, 1.807) is 24.3 Å². The molecule has 0 unspecified atom stereocenters. The maximum atomic E-state index is 12.6. The molecule has 2 fully saturated rings. The van der Waals surface area contributed by atoms with Crippen molar-refractivity contribution < 1.29 is 9.59 Å². The summed E-state index contributed by atoms with van der Waals surface area (Å²) in [4.78, 5) is 26.5. The fourth-order valence-corrected chi connectivity index (χ4v) is 3.89. The van der Waals surface area contributed by atoms with E-state index in [4.69, 9.17) is 6.42 Å². The van der Waals surface area contributed by atoms with Crippen LogP contribution in [-0.4, -0.2) is 11.8 Å². The molecule has 4 atom stereocenters. The second-order valence-electron chi connectivity index (χ2n) is 5.71. The summed E-state index contributed by atoms with van der Waals surface area (Å²) in [6, 6.07) is 7.08. The number of anilines is 1. The van der Waals surface area contributed by atoms with Gasteiger partial charge in [0.25, 0.3) is 0 Å². The van der Waals surface area contributed by atoms with Crippen molar-refractivity contribution in [2.75, 3.05) is 4.90 Å². The van der Waals surface area contributed by atoms with E-state index in [1.807, 2.05) is 0 Å². The summed E-state index contributed by atoms with van der Waals surface area (Å²) in [5.74, 6) is 2.57. The van der Waals surface area contributed by atoms with Gasteiger partial charge >= 0.3 is 0 Å². The minimum absolute atomic E-state index is 0.0639. The summed E-state index contributed by atoms with van der Waals surface area (Å²) in [5.41, 5.74) is 1.28. The fraction of sp³-hybridized carbons (Fsp3) is 0.294. The number of hydrogen-bond donors (Lipinski definition) is 0. The monoisotopic (exact) mass is 263 g/mol. The zero-order chi connectivity index (χ0) is 13.9. The van der Waals surface area contributed by atoms with Gasteiger partial charge in [-0.2, -0.15) is 0 Å². The van der Waals surface area contributed by atoms with E-state index in [9.17, 15) is 9.59 Å². The highest BCUT2D eigenvalue weighted by atomic mass is 16.2. The highest BCUT2D eigenvalue weighted by Gasteiger charge is 2.59. The van der Waals surface area contributed by atoms with Gasteiger partial charge in [0.2, 0.25) is 11.8 Å². The molecule has 2 bridgehead atoms. The third kappa shape index (κ3) is 1.31. The zero-order valence-electron chi connectivity index (χ0n) is 10.8. The average Bonchev–Trinajstić information content (AvgIpc) is 3.13. The molecule has 0 spiro atoms. The minimum Gasteiger partial charge on any atom is -0.274 e. The highest BCUT2D eigenvalue weighted by Crippen LogP contribution is 2.53. The van der Waals surface area contributed by atoms with Crippen LogP contribution >= 0.6 is 0 Å². The summed E-state index contributed by atoms with van der Waals surface area (Å²) in [6.07, 6.45) is 10.5. The quantitative estimate of drug-likeness (QED) is 0.441. The van der Waals surface area contributed by atoms with E-state index in [0.717, 1.165) is 6.42 Å². The molecular formula is C17H13NO2. The van der Waals surface area contributed by atoms with Crippen LogP contribution in [-0.2, 0) is 9.59 Å². The number of carbonyl (C=O) groups is 2. The number of terminal acetylenes is 1. The van der Waals surface area contributed by atoms with Gasteiger partial charge < -0.3 is 0 Å². The number of hydrogen-bond acceptors (Lipinski definition) is 2. The van der Waals surface area contributed by atoms with Crippen LogP contribution in [0.3, 0.4) is 0 Å². The Morgan fingerprint density at radius 1 is 1.10 bits per heavy atom. The lowest BCUT2D eigenvalue weighted by molar-refractivity contribution is -0.123. The maximum absolute atomic E-state index is 12.6. The van der Waals surface area contributed by atoms with Crippen LogP contribution in [0.15, 0.2) is 36.4 Å². The Morgan fingerprint density at radius 3 is 2.35 bits per heavy atom. The van der Waals surface area contributed by atoms with Gasteiger partial charge in [-0.05, 0) is 36.5 Å². The smallest absolute Gasteiger partial charge is 0.238 e. The second-order valence-corrected chi connectivity index (χ2v) is 5.71. The SMILES string of the molecule is C#Cc1cccc(N2C(=O)[C@@H]3[C@H](C2=O)[C@H]2C=C[C@H]3C2)c1. The molecular weight excluding hydrogens is 250 g/mol. The molecule has 3 nitrogen and oxygen atoms in total.